The van der Waals surface area contributed by atoms with E-state index in [9.17, 15) is 4.39 Å². The summed E-state index contributed by atoms with van der Waals surface area (Å²) in [6.07, 6.45) is 1.70. The first-order chi connectivity index (χ1) is 10.8. The Kier molecular flexibility index (Phi) is 4.16. The summed E-state index contributed by atoms with van der Waals surface area (Å²) >= 11 is 0. The molecule has 0 unspecified atom stereocenters. The fourth-order valence-electron chi connectivity index (χ4n) is 2.36. The lowest BCUT2D eigenvalue weighted by atomic mass is 10.1. The van der Waals surface area contributed by atoms with Crippen molar-refractivity contribution in [3.63, 3.8) is 0 Å². The molecule has 3 N–H and O–H groups in total. The maximum atomic E-state index is 14.1. The van der Waals surface area contributed by atoms with Gasteiger partial charge in [0, 0.05) is 18.7 Å². The van der Waals surface area contributed by atoms with E-state index in [1.54, 1.807) is 29.1 Å². The monoisotopic (exact) mass is 296 g/mol. The van der Waals surface area contributed by atoms with E-state index in [1.165, 1.54) is 6.07 Å². The van der Waals surface area contributed by atoms with Crippen LogP contribution in [-0.2, 0) is 0 Å². The summed E-state index contributed by atoms with van der Waals surface area (Å²) < 4.78 is 15.7. The van der Waals surface area contributed by atoms with Crippen molar-refractivity contribution >= 4 is 5.69 Å². The molecule has 22 heavy (non-hydrogen) atoms. The van der Waals surface area contributed by atoms with E-state index in [0.717, 1.165) is 16.9 Å². The van der Waals surface area contributed by atoms with E-state index in [0.29, 0.717) is 18.8 Å². The lowest BCUT2D eigenvalue weighted by Gasteiger charge is -2.11. The van der Waals surface area contributed by atoms with Crippen molar-refractivity contribution in [1.82, 2.24) is 9.78 Å². The molecule has 2 aromatic carbocycles. The molecule has 3 aromatic rings. The third-order valence-corrected chi connectivity index (χ3v) is 3.36. The maximum Gasteiger partial charge on any atom is 0.148 e. The Hall–Kier alpha value is -2.66. The predicted molar refractivity (Wildman–Crippen MR) is 86.5 cm³/mol. The van der Waals surface area contributed by atoms with Crippen molar-refractivity contribution in [3.8, 4) is 16.9 Å². The van der Waals surface area contributed by atoms with Crippen molar-refractivity contribution in [2.24, 2.45) is 5.73 Å². The fraction of sp³-hybridized carbons (Fsp3) is 0.118. The average molecular weight is 296 g/mol. The quantitative estimate of drug-likeness (QED) is 0.761. The molecule has 0 amide bonds. The van der Waals surface area contributed by atoms with Crippen LogP contribution in [0.15, 0.2) is 60.8 Å². The molecule has 5 heteroatoms. The first-order valence-corrected chi connectivity index (χ1v) is 7.13. The lowest BCUT2D eigenvalue weighted by molar-refractivity contribution is 0.611. The molecule has 112 valence electrons. The third kappa shape index (κ3) is 2.71. The number of hydrogen-bond donors (Lipinski definition) is 2. The van der Waals surface area contributed by atoms with Crippen LogP contribution in [0.4, 0.5) is 10.1 Å². The SMILES string of the molecule is NCCNc1cnn(-c2ccccc2F)c1-c1ccccc1. The smallest absolute Gasteiger partial charge is 0.148 e. The van der Waals surface area contributed by atoms with Gasteiger partial charge in [-0.2, -0.15) is 5.10 Å². The highest BCUT2D eigenvalue weighted by atomic mass is 19.1. The molecular formula is C17H17FN4. The van der Waals surface area contributed by atoms with E-state index < -0.39 is 0 Å². The Bertz CT molecular complexity index is 752. The highest BCUT2D eigenvalue weighted by molar-refractivity contribution is 5.76. The number of rotatable bonds is 5. The Morgan fingerprint density at radius 3 is 2.50 bits per heavy atom. The Morgan fingerprint density at radius 2 is 1.77 bits per heavy atom. The fourth-order valence-corrected chi connectivity index (χ4v) is 2.36. The van der Waals surface area contributed by atoms with Crippen LogP contribution in [0.5, 0.6) is 0 Å². The standard InChI is InChI=1S/C17H17FN4/c18-14-8-4-5-9-16(14)22-17(13-6-2-1-3-7-13)15(12-21-22)20-11-10-19/h1-9,12,20H,10-11,19H2. The zero-order valence-electron chi connectivity index (χ0n) is 12.0. The Labute approximate surface area is 128 Å². The van der Waals surface area contributed by atoms with Gasteiger partial charge in [-0.25, -0.2) is 9.07 Å². The maximum absolute atomic E-state index is 14.1. The van der Waals surface area contributed by atoms with Crippen LogP contribution in [0.2, 0.25) is 0 Å². The van der Waals surface area contributed by atoms with E-state index in [2.05, 4.69) is 10.4 Å². The lowest BCUT2D eigenvalue weighted by Crippen LogP contribution is -2.13. The van der Waals surface area contributed by atoms with Gasteiger partial charge in [-0.15, -0.1) is 0 Å². The molecule has 0 atom stereocenters. The van der Waals surface area contributed by atoms with Crippen LogP contribution in [0.1, 0.15) is 0 Å². The molecule has 0 aliphatic rings. The number of hydrogen-bond acceptors (Lipinski definition) is 3. The van der Waals surface area contributed by atoms with E-state index >= 15 is 0 Å². The summed E-state index contributed by atoms with van der Waals surface area (Å²) in [6.45, 7) is 1.14. The molecule has 0 saturated heterocycles. The minimum Gasteiger partial charge on any atom is -0.381 e. The Balaban J connectivity index is 2.15. The van der Waals surface area contributed by atoms with Gasteiger partial charge in [0.1, 0.15) is 11.5 Å². The average Bonchev–Trinajstić information content (AvgIpc) is 2.98. The van der Waals surface area contributed by atoms with Crippen molar-refractivity contribution in [1.29, 1.82) is 0 Å². The first-order valence-electron chi connectivity index (χ1n) is 7.13. The van der Waals surface area contributed by atoms with Crippen LogP contribution in [-0.4, -0.2) is 22.9 Å². The number of aromatic nitrogens is 2. The Morgan fingerprint density at radius 1 is 1.05 bits per heavy atom. The molecule has 0 spiro atoms. The highest BCUT2D eigenvalue weighted by Gasteiger charge is 2.16. The summed E-state index contributed by atoms with van der Waals surface area (Å²) in [7, 11) is 0. The van der Waals surface area contributed by atoms with Gasteiger partial charge < -0.3 is 11.1 Å². The van der Waals surface area contributed by atoms with E-state index in [4.69, 9.17) is 5.73 Å². The summed E-state index contributed by atoms with van der Waals surface area (Å²) in [5.41, 5.74) is 8.59. The van der Waals surface area contributed by atoms with Crippen molar-refractivity contribution in [2.45, 2.75) is 0 Å². The van der Waals surface area contributed by atoms with Gasteiger partial charge in [0.05, 0.1) is 17.6 Å². The molecule has 1 aromatic heterocycles. The zero-order chi connectivity index (χ0) is 15.4. The van der Waals surface area contributed by atoms with Gasteiger partial charge in [0.2, 0.25) is 0 Å². The molecule has 4 nitrogen and oxygen atoms in total. The summed E-state index contributed by atoms with van der Waals surface area (Å²) in [5.74, 6) is -0.312. The number of nitrogens with two attached hydrogens (primary N) is 1. The van der Waals surface area contributed by atoms with Gasteiger partial charge in [0.15, 0.2) is 0 Å². The van der Waals surface area contributed by atoms with Crippen LogP contribution in [0.3, 0.4) is 0 Å². The molecule has 0 bridgehead atoms. The van der Waals surface area contributed by atoms with Crippen LogP contribution < -0.4 is 11.1 Å². The van der Waals surface area contributed by atoms with Gasteiger partial charge in [-0.05, 0) is 12.1 Å². The van der Waals surface area contributed by atoms with E-state index in [1.807, 2.05) is 30.3 Å². The topological polar surface area (TPSA) is 55.9 Å². The molecule has 3 rings (SSSR count). The second-order valence-corrected chi connectivity index (χ2v) is 4.85. The largest absolute Gasteiger partial charge is 0.381 e. The van der Waals surface area contributed by atoms with Crippen molar-refractivity contribution in [3.05, 3.63) is 66.6 Å². The van der Waals surface area contributed by atoms with Crippen molar-refractivity contribution in [2.75, 3.05) is 18.4 Å². The van der Waals surface area contributed by atoms with Gasteiger partial charge in [-0.3, -0.25) is 0 Å². The molecule has 1 heterocycles. The van der Waals surface area contributed by atoms with Gasteiger partial charge in [0.25, 0.3) is 0 Å². The number of benzene rings is 2. The summed E-state index contributed by atoms with van der Waals surface area (Å²) in [6, 6.07) is 16.4. The number of anilines is 1. The summed E-state index contributed by atoms with van der Waals surface area (Å²) in [5, 5.41) is 7.59. The van der Waals surface area contributed by atoms with Crippen LogP contribution in [0, 0.1) is 5.82 Å². The molecule has 0 fully saturated rings. The normalized spacial score (nSPS) is 10.6. The second-order valence-electron chi connectivity index (χ2n) is 4.85. The molecule has 0 saturated carbocycles. The van der Waals surface area contributed by atoms with Crippen molar-refractivity contribution < 1.29 is 4.39 Å². The number of halogens is 1. The molecular weight excluding hydrogens is 279 g/mol. The number of nitrogens with one attached hydrogen (secondary N) is 1. The first kappa shape index (κ1) is 14.3. The second kappa shape index (κ2) is 6.41. The van der Waals surface area contributed by atoms with E-state index in [-0.39, 0.29) is 5.82 Å². The van der Waals surface area contributed by atoms with Crippen LogP contribution >= 0.6 is 0 Å². The predicted octanol–water partition coefficient (Wildman–Crippen LogP) is 3.05. The molecule has 0 aliphatic heterocycles. The zero-order valence-corrected chi connectivity index (χ0v) is 12.0. The number of para-hydroxylation sites is 1. The molecule has 0 aliphatic carbocycles. The number of nitrogens with zero attached hydrogens (tertiary/aromatic N) is 2. The highest BCUT2D eigenvalue weighted by Crippen LogP contribution is 2.30. The third-order valence-electron chi connectivity index (χ3n) is 3.36. The van der Waals surface area contributed by atoms with Gasteiger partial charge in [-0.1, -0.05) is 42.5 Å². The minimum absolute atomic E-state index is 0.312. The van der Waals surface area contributed by atoms with Crippen LogP contribution in [0.25, 0.3) is 16.9 Å². The van der Waals surface area contributed by atoms with Gasteiger partial charge >= 0.3 is 0 Å². The summed E-state index contributed by atoms with van der Waals surface area (Å²) in [4.78, 5) is 0. The molecule has 0 radical (unpaired) electrons. The minimum atomic E-state index is -0.312.